The van der Waals surface area contributed by atoms with Crippen LogP contribution in [0.4, 0.5) is 5.69 Å². The van der Waals surface area contributed by atoms with Gasteiger partial charge in [0.25, 0.3) is 5.91 Å². The first-order valence-corrected chi connectivity index (χ1v) is 11.0. The van der Waals surface area contributed by atoms with Crippen molar-refractivity contribution in [1.29, 1.82) is 0 Å². The average Bonchev–Trinajstić information content (AvgIpc) is 3.08. The van der Waals surface area contributed by atoms with Crippen molar-refractivity contribution in [2.75, 3.05) is 12.0 Å². The number of carbonyl (C=O) groups is 1. The minimum atomic E-state index is -0.127. The number of benzene rings is 3. The van der Waals surface area contributed by atoms with Gasteiger partial charge in [-0.15, -0.1) is 0 Å². The van der Waals surface area contributed by atoms with Crippen LogP contribution in [0, 0.1) is 0 Å². The second-order valence-electron chi connectivity index (χ2n) is 6.93. The van der Waals surface area contributed by atoms with Crippen LogP contribution < -0.4 is 14.4 Å². The van der Waals surface area contributed by atoms with Gasteiger partial charge >= 0.3 is 0 Å². The van der Waals surface area contributed by atoms with Gasteiger partial charge in [0.1, 0.15) is 6.10 Å². The number of para-hydroxylation sites is 1. The molecule has 6 heteroatoms. The van der Waals surface area contributed by atoms with Gasteiger partial charge in [0.05, 0.1) is 17.7 Å². The monoisotopic (exact) mass is 447 g/mol. The molecule has 1 amide bonds. The molecule has 0 saturated carbocycles. The van der Waals surface area contributed by atoms with Crippen LogP contribution in [0.25, 0.3) is 6.08 Å². The molecule has 0 bridgehead atoms. The molecule has 4 rings (SSSR count). The average molecular weight is 448 g/mol. The molecular formula is C25H21NO3S2. The second-order valence-corrected chi connectivity index (χ2v) is 8.61. The molecule has 0 aromatic heterocycles. The normalized spacial score (nSPS) is 15.9. The molecule has 1 aliphatic rings. The summed E-state index contributed by atoms with van der Waals surface area (Å²) in [5.41, 5.74) is 2.69. The molecule has 1 heterocycles. The number of rotatable bonds is 6. The van der Waals surface area contributed by atoms with Crippen LogP contribution in [-0.2, 0) is 4.79 Å². The lowest BCUT2D eigenvalue weighted by molar-refractivity contribution is -0.113. The van der Waals surface area contributed by atoms with E-state index in [9.17, 15) is 4.79 Å². The smallest absolute Gasteiger partial charge is 0.270 e. The number of hydrogen-bond acceptors (Lipinski definition) is 5. The topological polar surface area (TPSA) is 38.8 Å². The largest absolute Gasteiger partial charge is 0.493 e. The lowest BCUT2D eigenvalue weighted by Crippen LogP contribution is -2.27. The van der Waals surface area contributed by atoms with Crippen LogP contribution in [-0.4, -0.2) is 17.3 Å². The van der Waals surface area contributed by atoms with Gasteiger partial charge < -0.3 is 9.47 Å². The Morgan fingerprint density at radius 2 is 1.65 bits per heavy atom. The Morgan fingerprint density at radius 1 is 0.968 bits per heavy atom. The SMILES string of the molecule is COc1cc(/C=C2/SC(=S)N(c3ccccc3)C2=O)ccc1O[C@H](C)c1ccccc1. The number of nitrogens with zero attached hydrogens (tertiary/aromatic N) is 1. The number of methoxy groups -OCH3 is 1. The maximum atomic E-state index is 12.9. The van der Waals surface area contributed by atoms with Gasteiger partial charge in [0, 0.05) is 0 Å². The molecule has 0 N–H and O–H groups in total. The summed E-state index contributed by atoms with van der Waals surface area (Å²) in [5, 5.41) is 0. The molecule has 4 nitrogen and oxygen atoms in total. The van der Waals surface area contributed by atoms with Gasteiger partial charge in [-0.1, -0.05) is 78.6 Å². The van der Waals surface area contributed by atoms with Crippen molar-refractivity contribution in [1.82, 2.24) is 0 Å². The molecule has 0 aliphatic carbocycles. The zero-order valence-electron chi connectivity index (χ0n) is 17.1. The summed E-state index contributed by atoms with van der Waals surface area (Å²) < 4.78 is 12.2. The molecule has 3 aromatic rings. The van der Waals surface area contributed by atoms with Crippen molar-refractivity contribution in [3.8, 4) is 11.5 Å². The van der Waals surface area contributed by atoms with Crippen LogP contribution in [0.3, 0.4) is 0 Å². The highest BCUT2D eigenvalue weighted by atomic mass is 32.2. The minimum absolute atomic E-state index is 0.122. The van der Waals surface area contributed by atoms with E-state index in [4.69, 9.17) is 21.7 Å². The summed E-state index contributed by atoms with van der Waals surface area (Å²) in [7, 11) is 1.61. The summed E-state index contributed by atoms with van der Waals surface area (Å²) in [6, 6.07) is 25.1. The number of amides is 1. The third-order valence-electron chi connectivity index (χ3n) is 4.87. The number of thioether (sulfide) groups is 1. The van der Waals surface area contributed by atoms with Crippen LogP contribution in [0.15, 0.2) is 83.8 Å². The van der Waals surface area contributed by atoms with Crippen LogP contribution in [0.2, 0.25) is 0 Å². The van der Waals surface area contributed by atoms with Gasteiger partial charge in [-0.05, 0) is 48.4 Å². The number of hydrogen-bond donors (Lipinski definition) is 0. The van der Waals surface area contributed by atoms with E-state index in [2.05, 4.69) is 0 Å². The zero-order valence-corrected chi connectivity index (χ0v) is 18.8. The summed E-state index contributed by atoms with van der Waals surface area (Å²) in [6.45, 7) is 2.00. The Bertz CT molecular complexity index is 1130. The van der Waals surface area contributed by atoms with Crippen LogP contribution in [0.1, 0.15) is 24.2 Å². The van der Waals surface area contributed by atoms with Crippen molar-refractivity contribution in [2.45, 2.75) is 13.0 Å². The minimum Gasteiger partial charge on any atom is -0.493 e. The molecule has 1 saturated heterocycles. The van der Waals surface area contributed by atoms with E-state index in [0.29, 0.717) is 20.7 Å². The fraction of sp³-hybridized carbons (Fsp3) is 0.120. The lowest BCUT2D eigenvalue weighted by Gasteiger charge is -2.17. The molecule has 0 radical (unpaired) electrons. The van der Waals surface area contributed by atoms with Crippen molar-refractivity contribution in [2.24, 2.45) is 0 Å². The number of anilines is 1. The third kappa shape index (κ3) is 4.65. The molecule has 1 aliphatic heterocycles. The fourth-order valence-electron chi connectivity index (χ4n) is 3.27. The molecule has 3 aromatic carbocycles. The predicted octanol–water partition coefficient (Wildman–Crippen LogP) is 6.24. The second kappa shape index (κ2) is 9.37. The summed E-state index contributed by atoms with van der Waals surface area (Å²) >= 11 is 6.73. The highest BCUT2D eigenvalue weighted by molar-refractivity contribution is 8.27. The molecule has 1 fully saturated rings. The van der Waals surface area contributed by atoms with Crippen LogP contribution >= 0.6 is 24.0 Å². The summed E-state index contributed by atoms with van der Waals surface area (Å²) in [6.07, 6.45) is 1.71. The van der Waals surface area contributed by atoms with E-state index in [1.54, 1.807) is 12.0 Å². The Labute approximate surface area is 191 Å². The maximum absolute atomic E-state index is 12.9. The Hall–Kier alpha value is -3.09. The van der Waals surface area contributed by atoms with Gasteiger partial charge in [-0.3, -0.25) is 9.69 Å². The molecule has 31 heavy (non-hydrogen) atoms. The van der Waals surface area contributed by atoms with Crippen LogP contribution in [0.5, 0.6) is 11.5 Å². The van der Waals surface area contributed by atoms with Gasteiger partial charge in [0.15, 0.2) is 15.8 Å². The molecule has 0 spiro atoms. The fourth-order valence-corrected chi connectivity index (χ4v) is 4.57. The first kappa shape index (κ1) is 21.2. The van der Waals surface area contributed by atoms with Crippen molar-refractivity contribution in [3.05, 3.63) is 94.9 Å². The standard InChI is InChI=1S/C25H21NO3S2/c1-17(19-9-5-3-6-10-19)29-21-14-13-18(15-22(21)28-2)16-23-24(27)26(25(30)31-23)20-11-7-4-8-12-20/h3-17H,1-2H3/b23-16+/t17-/m1/s1. The zero-order chi connectivity index (χ0) is 21.8. The highest BCUT2D eigenvalue weighted by Gasteiger charge is 2.33. The van der Waals surface area contributed by atoms with Gasteiger partial charge in [0.2, 0.25) is 0 Å². The van der Waals surface area contributed by atoms with Gasteiger partial charge in [-0.2, -0.15) is 0 Å². The number of carbonyl (C=O) groups excluding carboxylic acids is 1. The van der Waals surface area contributed by atoms with E-state index in [0.717, 1.165) is 16.8 Å². The van der Waals surface area contributed by atoms with E-state index in [1.807, 2.05) is 91.9 Å². The number of thiocarbonyl (C=S) groups is 1. The van der Waals surface area contributed by atoms with Gasteiger partial charge in [-0.25, -0.2) is 0 Å². The third-order valence-corrected chi connectivity index (χ3v) is 6.17. The first-order valence-electron chi connectivity index (χ1n) is 9.79. The number of ether oxygens (including phenoxy) is 2. The molecule has 156 valence electrons. The Kier molecular flexibility index (Phi) is 6.39. The van der Waals surface area contributed by atoms with Crippen molar-refractivity contribution < 1.29 is 14.3 Å². The van der Waals surface area contributed by atoms with E-state index < -0.39 is 0 Å². The quantitative estimate of drug-likeness (QED) is 0.330. The maximum Gasteiger partial charge on any atom is 0.270 e. The molecule has 1 atom stereocenters. The molecule has 0 unspecified atom stereocenters. The van der Waals surface area contributed by atoms with E-state index in [1.165, 1.54) is 11.8 Å². The van der Waals surface area contributed by atoms with E-state index in [-0.39, 0.29) is 12.0 Å². The Balaban J connectivity index is 1.56. The first-order chi connectivity index (χ1) is 15.1. The predicted molar refractivity (Wildman–Crippen MR) is 131 cm³/mol. The summed E-state index contributed by atoms with van der Waals surface area (Å²) in [5.74, 6) is 1.13. The Morgan fingerprint density at radius 3 is 2.32 bits per heavy atom. The molecular weight excluding hydrogens is 426 g/mol. The van der Waals surface area contributed by atoms with Crippen molar-refractivity contribution in [3.63, 3.8) is 0 Å². The van der Waals surface area contributed by atoms with Crippen molar-refractivity contribution >= 4 is 46.0 Å². The lowest BCUT2D eigenvalue weighted by atomic mass is 10.1. The highest BCUT2D eigenvalue weighted by Crippen LogP contribution is 2.37. The van der Waals surface area contributed by atoms with E-state index >= 15 is 0 Å². The summed E-state index contributed by atoms with van der Waals surface area (Å²) in [4.78, 5) is 15.1.